The highest BCUT2D eigenvalue weighted by molar-refractivity contribution is 5.69. The standard InChI is InChI=1S/C13H14O3.C9H11N/c14-12(15)7-9-2-1-8-3-4-11-10(13(8)9)5-6-16-11;10-9-6-5-7-3-1-2-4-8(7)9/h3-4,9H,1-2,5-7H2,(H,14,15);1-4,9H,5-6,10H2/t2*9-/m01/s1. The molecule has 0 saturated heterocycles. The third kappa shape index (κ3) is 3.21. The summed E-state index contributed by atoms with van der Waals surface area (Å²) < 4.78 is 5.53. The van der Waals surface area contributed by atoms with Gasteiger partial charge in [0.15, 0.2) is 0 Å². The maximum atomic E-state index is 10.8. The number of carboxylic acids is 1. The molecule has 4 nitrogen and oxygen atoms in total. The summed E-state index contributed by atoms with van der Waals surface area (Å²) in [7, 11) is 0. The van der Waals surface area contributed by atoms with E-state index in [4.69, 9.17) is 15.6 Å². The van der Waals surface area contributed by atoms with Crippen LogP contribution in [0.15, 0.2) is 36.4 Å². The van der Waals surface area contributed by atoms with Crippen LogP contribution < -0.4 is 10.5 Å². The number of aryl methyl sites for hydroxylation is 2. The lowest BCUT2D eigenvalue weighted by Gasteiger charge is -2.12. The van der Waals surface area contributed by atoms with Gasteiger partial charge in [-0.2, -0.15) is 0 Å². The Balaban J connectivity index is 0.000000144. The highest BCUT2D eigenvalue weighted by Gasteiger charge is 2.30. The molecule has 0 saturated carbocycles. The molecule has 136 valence electrons. The Kier molecular flexibility index (Phi) is 4.68. The van der Waals surface area contributed by atoms with Gasteiger partial charge in [-0.05, 0) is 59.9 Å². The van der Waals surface area contributed by atoms with E-state index in [2.05, 4.69) is 30.3 Å². The second-order valence-electron chi connectivity index (χ2n) is 7.39. The summed E-state index contributed by atoms with van der Waals surface area (Å²) in [5, 5.41) is 8.92. The molecule has 1 aliphatic heterocycles. The van der Waals surface area contributed by atoms with Gasteiger partial charge in [0.25, 0.3) is 0 Å². The molecule has 0 unspecified atom stereocenters. The minimum atomic E-state index is -0.700. The van der Waals surface area contributed by atoms with Crippen LogP contribution in [0.25, 0.3) is 0 Å². The maximum Gasteiger partial charge on any atom is 0.303 e. The average Bonchev–Trinajstić information content (AvgIpc) is 3.34. The Morgan fingerprint density at radius 2 is 1.88 bits per heavy atom. The van der Waals surface area contributed by atoms with Gasteiger partial charge in [-0.3, -0.25) is 4.79 Å². The number of aliphatic carboxylic acids is 1. The number of benzene rings is 2. The van der Waals surface area contributed by atoms with E-state index in [-0.39, 0.29) is 12.3 Å². The summed E-state index contributed by atoms with van der Waals surface area (Å²) in [6.45, 7) is 0.742. The monoisotopic (exact) mass is 351 g/mol. The fourth-order valence-electron chi connectivity index (χ4n) is 4.56. The Morgan fingerprint density at radius 1 is 1.08 bits per heavy atom. The zero-order chi connectivity index (χ0) is 18.1. The quantitative estimate of drug-likeness (QED) is 0.864. The van der Waals surface area contributed by atoms with E-state index < -0.39 is 5.97 Å². The molecule has 0 spiro atoms. The van der Waals surface area contributed by atoms with E-state index in [0.717, 1.165) is 44.5 Å². The van der Waals surface area contributed by atoms with E-state index in [0.29, 0.717) is 6.04 Å². The minimum absolute atomic E-state index is 0.198. The Labute approximate surface area is 154 Å². The normalized spacial score (nSPS) is 21.9. The predicted molar refractivity (Wildman–Crippen MR) is 101 cm³/mol. The molecule has 5 rings (SSSR count). The van der Waals surface area contributed by atoms with Gasteiger partial charge in [0.1, 0.15) is 5.75 Å². The van der Waals surface area contributed by atoms with E-state index in [1.165, 1.54) is 27.8 Å². The van der Waals surface area contributed by atoms with Crippen molar-refractivity contribution in [3.05, 3.63) is 64.2 Å². The summed E-state index contributed by atoms with van der Waals surface area (Å²) in [6, 6.07) is 12.9. The first-order valence-corrected chi connectivity index (χ1v) is 9.46. The van der Waals surface area contributed by atoms with Gasteiger partial charge in [0.05, 0.1) is 13.0 Å². The molecule has 3 N–H and O–H groups in total. The summed E-state index contributed by atoms with van der Waals surface area (Å²) in [4.78, 5) is 10.8. The van der Waals surface area contributed by atoms with Crippen molar-refractivity contribution in [2.75, 3.05) is 6.61 Å². The molecule has 0 bridgehead atoms. The lowest BCUT2D eigenvalue weighted by molar-refractivity contribution is -0.137. The summed E-state index contributed by atoms with van der Waals surface area (Å²) in [5.74, 6) is 0.467. The molecule has 0 fully saturated rings. The van der Waals surface area contributed by atoms with Crippen LogP contribution in [0.3, 0.4) is 0 Å². The molecule has 0 amide bonds. The number of fused-ring (bicyclic) bond motifs is 4. The van der Waals surface area contributed by atoms with Crippen LogP contribution in [0.5, 0.6) is 5.75 Å². The van der Waals surface area contributed by atoms with Crippen molar-refractivity contribution in [3.63, 3.8) is 0 Å². The highest BCUT2D eigenvalue weighted by atomic mass is 16.5. The number of hydrogen-bond donors (Lipinski definition) is 2. The average molecular weight is 351 g/mol. The minimum Gasteiger partial charge on any atom is -0.493 e. The number of hydrogen-bond acceptors (Lipinski definition) is 3. The molecule has 2 atom stereocenters. The molecular formula is C22H25NO3. The topological polar surface area (TPSA) is 72.6 Å². The van der Waals surface area contributed by atoms with Crippen LogP contribution in [-0.2, 0) is 24.1 Å². The lowest BCUT2D eigenvalue weighted by atomic mass is 9.92. The predicted octanol–water partition coefficient (Wildman–Crippen LogP) is 3.76. The number of ether oxygens (including phenoxy) is 1. The van der Waals surface area contributed by atoms with Crippen molar-refractivity contribution < 1.29 is 14.6 Å². The second kappa shape index (κ2) is 7.12. The van der Waals surface area contributed by atoms with Gasteiger partial charge in [0, 0.05) is 18.0 Å². The van der Waals surface area contributed by atoms with Crippen molar-refractivity contribution in [2.45, 2.75) is 50.5 Å². The molecule has 2 aromatic rings. The zero-order valence-corrected chi connectivity index (χ0v) is 14.9. The molecule has 2 aromatic carbocycles. The van der Waals surface area contributed by atoms with E-state index in [1.807, 2.05) is 6.07 Å². The third-order valence-electron chi connectivity index (χ3n) is 5.78. The summed E-state index contributed by atoms with van der Waals surface area (Å²) in [5.41, 5.74) is 12.5. The Hall–Kier alpha value is -2.33. The van der Waals surface area contributed by atoms with Gasteiger partial charge in [-0.25, -0.2) is 0 Å². The molecule has 1 heterocycles. The number of carbonyl (C=O) groups is 1. The van der Waals surface area contributed by atoms with E-state index in [9.17, 15) is 4.79 Å². The fourth-order valence-corrected chi connectivity index (χ4v) is 4.56. The molecule has 2 aliphatic carbocycles. The highest BCUT2D eigenvalue weighted by Crippen LogP contribution is 2.43. The second-order valence-corrected chi connectivity index (χ2v) is 7.39. The fraction of sp³-hybridized carbons (Fsp3) is 0.409. The van der Waals surface area contributed by atoms with Gasteiger partial charge in [0.2, 0.25) is 0 Å². The Morgan fingerprint density at radius 3 is 2.69 bits per heavy atom. The first-order chi connectivity index (χ1) is 12.6. The first kappa shape index (κ1) is 17.1. The van der Waals surface area contributed by atoms with Crippen molar-refractivity contribution in [1.29, 1.82) is 0 Å². The SMILES string of the molecule is N[C@@H]1CCc2ccccc21.O=C(O)C[C@@H]1CCc2ccc3c(c21)CCO3. The van der Waals surface area contributed by atoms with Gasteiger partial charge in [-0.15, -0.1) is 0 Å². The molecular weight excluding hydrogens is 326 g/mol. The number of rotatable bonds is 2. The molecule has 0 aromatic heterocycles. The smallest absolute Gasteiger partial charge is 0.303 e. The van der Waals surface area contributed by atoms with Crippen LogP contribution in [0, 0.1) is 0 Å². The van der Waals surface area contributed by atoms with Gasteiger partial charge < -0.3 is 15.6 Å². The number of nitrogens with two attached hydrogens (primary N) is 1. The maximum absolute atomic E-state index is 10.8. The van der Waals surface area contributed by atoms with Crippen molar-refractivity contribution in [2.24, 2.45) is 5.73 Å². The molecule has 3 aliphatic rings. The number of carboxylic acid groups (broad SMARTS) is 1. The van der Waals surface area contributed by atoms with Gasteiger partial charge in [-0.1, -0.05) is 30.3 Å². The van der Waals surface area contributed by atoms with Crippen LogP contribution in [0.1, 0.15) is 59.0 Å². The Bertz CT molecular complexity index is 830. The van der Waals surface area contributed by atoms with Crippen LogP contribution >= 0.6 is 0 Å². The van der Waals surface area contributed by atoms with Crippen molar-refractivity contribution >= 4 is 5.97 Å². The van der Waals surface area contributed by atoms with Crippen LogP contribution in [-0.4, -0.2) is 17.7 Å². The lowest BCUT2D eigenvalue weighted by Crippen LogP contribution is -2.05. The van der Waals surface area contributed by atoms with E-state index in [1.54, 1.807) is 0 Å². The van der Waals surface area contributed by atoms with Crippen molar-refractivity contribution in [1.82, 2.24) is 0 Å². The summed E-state index contributed by atoms with van der Waals surface area (Å²) in [6.07, 6.45) is 5.47. The summed E-state index contributed by atoms with van der Waals surface area (Å²) >= 11 is 0. The largest absolute Gasteiger partial charge is 0.493 e. The zero-order valence-electron chi connectivity index (χ0n) is 14.9. The first-order valence-electron chi connectivity index (χ1n) is 9.46. The van der Waals surface area contributed by atoms with Crippen LogP contribution in [0.4, 0.5) is 0 Å². The van der Waals surface area contributed by atoms with Crippen molar-refractivity contribution in [3.8, 4) is 5.75 Å². The van der Waals surface area contributed by atoms with Crippen LogP contribution in [0.2, 0.25) is 0 Å². The molecule has 4 heteroatoms. The molecule has 26 heavy (non-hydrogen) atoms. The third-order valence-corrected chi connectivity index (χ3v) is 5.78. The van der Waals surface area contributed by atoms with Gasteiger partial charge >= 0.3 is 5.97 Å². The van der Waals surface area contributed by atoms with E-state index >= 15 is 0 Å². The molecule has 0 radical (unpaired) electrons.